The number of rotatable bonds is 6. The van der Waals surface area contributed by atoms with Crippen molar-refractivity contribution in [2.24, 2.45) is 5.41 Å². The van der Waals surface area contributed by atoms with Crippen molar-refractivity contribution in [3.63, 3.8) is 0 Å². The summed E-state index contributed by atoms with van der Waals surface area (Å²) in [6, 6.07) is 5.70. The summed E-state index contributed by atoms with van der Waals surface area (Å²) in [6.07, 6.45) is 3.63. The number of ether oxygens (including phenoxy) is 1. The number of carbonyl (C=O) groups is 1. The zero-order chi connectivity index (χ0) is 18.7. The molecule has 2 heterocycles. The van der Waals surface area contributed by atoms with Crippen LogP contribution in [-0.4, -0.2) is 49.7 Å². The van der Waals surface area contributed by atoms with Crippen LogP contribution in [0.15, 0.2) is 18.2 Å². The van der Waals surface area contributed by atoms with Crippen LogP contribution in [-0.2, 0) is 9.53 Å². The SMILES string of the molecule is CCC1(CC)CC(CCN2CCN(c3cc(Cl)cc(Cl)c3)CC2)OC1=O. The van der Waals surface area contributed by atoms with Crippen LogP contribution < -0.4 is 4.90 Å². The van der Waals surface area contributed by atoms with E-state index in [0.717, 1.165) is 64.1 Å². The van der Waals surface area contributed by atoms with Crippen molar-refractivity contribution < 1.29 is 9.53 Å². The Morgan fingerprint density at radius 3 is 2.23 bits per heavy atom. The topological polar surface area (TPSA) is 32.8 Å². The first-order valence-corrected chi connectivity index (χ1v) is 10.4. The largest absolute Gasteiger partial charge is 0.462 e. The molecule has 2 aliphatic heterocycles. The molecule has 26 heavy (non-hydrogen) atoms. The number of hydrogen-bond acceptors (Lipinski definition) is 4. The van der Waals surface area contributed by atoms with Gasteiger partial charge in [-0.05, 0) is 37.5 Å². The number of carbonyl (C=O) groups excluding carboxylic acids is 1. The molecule has 144 valence electrons. The van der Waals surface area contributed by atoms with Crippen LogP contribution in [0.3, 0.4) is 0 Å². The third kappa shape index (κ3) is 4.29. The Balaban J connectivity index is 1.47. The van der Waals surface area contributed by atoms with E-state index in [1.807, 2.05) is 12.1 Å². The lowest BCUT2D eigenvalue weighted by Gasteiger charge is -2.36. The van der Waals surface area contributed by atoms with Gasteiger partial charge in [0.05, 0.1) is 5.41 Å². The quantitative estimate of drug-likeness (QED) is 0.654. The lowest BCUT2D eigenvalue weighted by Crippen LogP contribution is -2.47. The summed E-state index contributed by atoms with van der Waals surface area (Å²) < 4.78 is 5.66. The number of halogens is 2. The van der Waals surface area contributed by atoms with Gasteiger partial charge >= 0.3 is 5.97 Å². The van der Waals surface area contributed by atoms with Gasteiger partial charge in [-0.1, -0.05) is 37.0 Å². The van der Waals surface area contributed by atoms with Gasteiger partial charge in [0, 0.05) is 54.9 Å². The Labute approximate surface area is 166 Å². The molecule has 0 bridgehead atoms. The van der Waals surface area contributed by atoms with Crippen LogP contribution in [0.4, 0.5) is 5.69 Å². The van der Waals surface area contributed by atoms with Gasteiger partial charge < -0.3 is 9.64 Å². The molecule has 0 aromatic heterocycles. The van der Waals surface area contributed by atoms with Gasteiger partial charge in [-0.25, -0.2) is 0 Å². The Morgan fingerprint density at radius 1 is 1.08 bits per heavy atom. The highest BCUT2D eigenvalue weighted by Gasteiger charge is 2.46. The predicted octanol–water partition coefficient (Wildman–Crippen LogP) is 4.63. The molecule has 2 saturated heterocycles. The molecule has 4 nitrogen and oxygen atoms in total. The fourth-order valence-corrected chi connectivity index (χ4v) is 4.62. The van der Waals surface area contributed by atoms with Gasteiger partial charge in [0.15, 0.2) is 0 Å². The van der Waals surface area contributed by atoms with Crippen LogP contribution in [0.5, 0.6) is 0 Å². The normalized spacial score (nSPS) is 23.3. The van der Waals surface area contributed by atoms with Crippen molar-refractivity contribution >= 4 is 34.9 Å². The average molecular weight is 399 g/mol. The second-order valence-corrected chi connectivity index (χ2v) is 8.34. The zero-order valence-corrected chi connectivity index (χ0v) is 17.2. The van der Waals surface area contributed by atoms with E-state index in [9.17, 15) is 4.79 Å². The maximum absolute atomic E-state index is 12.2. The minimum absolute atomic E-state index is 0.00940. The van der Waals surface area contributed by atoms with E-state index in [-0.39, 0.29) is 17.5 Å². The van der Waals surface area contributed by atoms with Crippen molar-refractivity contribution in [3.8, 4) is 0 Å². The van der Waals surface area contributed by atoms with Gasteiger partial charge in [-0.15, -0.1) is 0 Å². The van der Waals surface area contributed by atoms with Gasteiger partial charge in [0.1, 0.15) is 6.10 Å². The standard InChI is InChI=1S/C20H28Cl2N2O2/c1-3-20(4-2)14-18(26-19(20)25)5-6-23-7-9-24(10-8-23)17-12-15(21)11-16(22)13-17/h11-13,18H,3-10,14H2,1-2H3. The van der Waals surface area contributed by atoms with Gasteiger partial charge in [-0.3, -0.25) is 9.69 Å². The summed E-state index contributed by atoms with van der Waals surface area (Å²) in [5.41, 5.74) is 0.845. The van der Waals surface area contributed by atoms with E-state index >= 15 is 0 Å². The molecule has 1 atom stereocenters. The smallest absolute Gasteiger partial charge is 0.312 e. The highest BCUT2D eigenvalue weighted by atomic mass is 35.5. The molecular weight excluding hydrogens is 371 g/mol. The Kier molecular flexibility index (Phi) is 6.37. The fourth-order valence-electron chi connectivity index (χ4n) is 4.10. The molecule has 2 fully saturated rings. The molecular formula is C20H28Cl2N2O2. The molecule has 3 rings (SSSR count). The van der Waals surface area contributed by atoms with Crippen molar-refractivity contribution in [1.82, 2.24) is 4.90 Å². The minimum atomic E-state index is -0.241. The van der Waals surface area contributed by atoms with Crippen molar-refractivity contribution in [2.75, 3.05) is 37.6 Å². The molecule has 0 spiro atoms. The predicted molar refractivity (Wildman–Crippen MR) is 107 cm³/mol. The number of benzene rings is 1. The molecule has 1 unspecified atom stereocenters. The molecule has 0 amide bonds. The van der Waals surface area contributed by atoms with Gasteiger partial charge in [0.25, 0.3) is 0 Å². The molecule has 0 N–H and O–H groups in total. The Morgan fingerprint density at radius 2 is 1.69 bits per heavy atom. The van der Waals surface area contributed by atoms with Gasteiger partial charge in [-0.2, -0.15) is 0 Å². The van der Waals surface area contributed by atoms with E-state index in [1.54, 1.807) is 6.07 Å². The van der Waals surface area contributed by atoms with E-state index in [4.69, 9.17) is 27.9 Å². The maximum atomic E-state index is 12.2. The van der Waals surface area contributed by atoms with Crippen LogP contribution in [0.2, 0.25) is 10.0 Å². The summed E-state index contributed by atoms with van der Waals surface area (Å²) in [5.74, 6) is 0.00940. The molecule has 1 aromatic rings. The summed E-state index contributed by atoms with van der Waals surface area (Å²) in [7, 11) is 0. The molecule has 0 aliphatic carbocycles. The Hall–Kier alpha value is -0.970. The molecule has 2 aliphatic rings. The fraction of sp³-hybridized carbons (Fsp3) is 0.650. The molecule has 6 heteroatoms. The van der Waals surface area contributed by atoms with Crippen LogP contribution in [0, 0.1) is 5.41 Å². The van der Waals surface area contributed by atoms with Crippen LogP contribution in [0.1, 0.15) is 39.5 Å². The zero-order valence-electron chi connectivity index (χ0n) is 15.6. The highest BCUT2D eigenvalue weighted by Crippen LogP contribution is 2.41. The minimum Gasteiger partial charge on any atom is -0.462 e. The van der Waals surface area contributed by atoms with Crippen molar-refractivity contribution in [2.45, 2.75) is 45.6 Å². The number of esters is 1. The first-order chi connectivity index (χ1) is 12.5. The number of hydrogen-bond donors (Lipinski definition) is 0. The van der Waals surface area contributed by atoms with E-state index < -0.39 is 0 Å². The Bertz CT molecular complexity index is 620. The van der Waals surface area contributed by atoms with Crippen LogP contribution >= 0.6 is 23.2 Å². The maximum Gasteiger partial charge on any atom is 0.312 e. The third-order valence-electron chi connectivity index (χ3n) is 6.03. The lowest BCUT2D eigenvalue weighted by atomic mass is 9.79. The lowest BCUT2D eigenvalue weighted by molar-refractivity contribution is -0.149. The van der Waals surface area contributed by atoms with E-state index in [0.29, 0.717) is 10.0 Å². The third-order valence-corrected chi connectivity index (χ3v) is 6.47. The molecule has 1 aromatic carbocycles. The van der Waals surface area contributed by atoms with Crippen molar-refractivity contribution in [1.29, 1.82) is 0 Å². The number of anilines is 1. The van der Waals surface area contributed by atoms with Gasteiger partial charge in [0.2, 0.25) is 0 Å². The first kappa shape index (κ1) is 19.8. The summed E-state index contributed by atoms with van der Waals surface area (Å²) >= 11 is 12.2. The second kappa shape index (κ2) is 8.37. The molecule has 0 radical (unpaired) electrons. The summed E-state index contributed by atoms with van der Waals surface area (Å²) in [6.45, 7) is 9.06. The molecule has 0 saturated carbocycles. The average Bonchev–Trinajstić information content (AvgIpc) is 2.96. The summed E-state index contributed by atoms with van der Waals surface area (Å²) in [4.78, 5) is 17.0. The number of nitrogens with zero attached hydrogens (tertiary/aromatic N) is 2. The second-order valence-electron chi connectivity index (χ2n) is 7.46. The monoisotopic (exact) mass is 398 g/mol. The number of cyclic esters (lactones) is 1. The first-order valence-electron chi connectivity index (χ1n) is 9.60. The van der Waals surface area contributed by atoms with E-state index in [2.05, 4.69) is 23.6 Å². The van der Waals surface area contributed by atoms with E-state index in [1.165, 1.54) is 0 Å². The van der Waals surface area contributed by atoms with Crippen molar-refractivity contribution in [3.05, 3.63) is 28.2 Å². The summed E-state index contributed by atoms with van der Waals surface area (Å²) in [5, 5.41) is 1.35. The highest BCUT2D eigenvalue weighted by molar-refractivity contribution is 6.35. The number of piperazine rings is 1. The van der Waals surface area contributed by atoms with Crippen LogP contribution in [0.25, 0.3) is 0 Å².